The van der Waals surface area contributed by atoms with Gasteiger partial charge in [0.2, 0.25) is 0 Å². The summed E-state index contributed by atoms with van der Waals surface area (Å²) in [5, 5.41) is 5.10. The Morgan fingerprint density at radius 2 is 0.980 bits per heavy atom. The summed E-state index contributed by atoms with van der Waals surface area (Å²) in [6, 6.07) is 70.3. The van der Waals surface area contributed by atoms with Gasteiger partial charge in [-0.05, 0) is 59.7 Å². The minimum atomic E-state index is 1.11. The fourth-order valence-electron chi connectivity index (χ4n) is 7.73. The average molecular weight is 669 g/mol. The summed E-state index contributed by atoms with van der Waals surface area (Å²) in [6.45, 7) is 0. The average Bonchev–Trinajstić information content (AvgIpc) is 3.76. The van der Waals surface area contributed by atoms with E-state index in [1.165, 1.54) is 69.9 Å². The zero-order valence-corrected chi connectivity index (χ0v) is 28.6. The van der Waals surface area contributed by atoms with E-state index in [-0.39, 0.29) is 0 Å². The van der Waals surface area contributed by atoms with Gasteiger partial charge >= 0.3 is 0 Å². The van der Waals surface area contributed by atoms with Crippen LogP contribution in [0.1, 0.15) is 0 Å². The van der Waals surface area contributed by atoms with Gasteiger partial charge in [0, 0.05) is 48.7 Å². The SMILES string of the molecule is c1ccc(-c2ccccc2N(c2ccc(-c3cccc4c5ccccc5n(-c5ccccc5)c34)cc2)c2cccc3c2sc2ccccc23)cc1. The zero-order chi connectivity index (χ0) is 33.7. The molecule has 0 atom stereocenters. The predicted octanol–water partition coefficient (Wildman–Crippen LogP) is 14.0. The van der Waals surface area contributed by atoms with E-state index in [4.69, 9.17) is 0 Å². The van der Waals surface area contributed by atoms with Crippen LogP contribution in [0.4, 0.5) is 17.1 Å². The molecule has 2 aromatic heterocycles. The molecule has 10 aromatic rings. The second kappa shape index (κ2) is 12.2. The minimum absolute atomic E-state index is 1.11. The number of aromatic nitrogens is 1. The summed E-state index contributed by atoms with van der Waals surface area (Å²) in [7, 11) is 0. The van der Waals surface area contributed by atoms with Crippen LogP contribution in [0.15, 0.2) is 194 Å². The zero-order valence-electron chi connectivity index (χ0n) is 27.8. The summed E-state index contributed by atoms with van der Waals surface area (Å²) in [5.41, 5.74) is 11.8. The Balaban J connectivity index is 1.19. The molecule has 0 unspecified atom stereocenters. The highest BCUT2D eigenvalue weighted by atomic mass is 32.1. The lowest BCUT2D eigenvalue weighted by atomic mass is 9.99. The van der Waals surface area contributed by atoms with Gasteiger partial charge in [-0.25, -0.2) is 0 Å². The summed E-state index contributed by atoms with van der Waals surface area (Å²) < 4.78 is 5.00. The topological polar surface area (TPSA) is 8.17 Å². The maximum absolute atomic E-state index is 2.45. The van der Waals surface area contributed by atoms with Crippen molar-refractivity contribution in [2.45, 2.75) is 0 Å². The standard InChI is InChI=1S/C48H32N2S/c1-3-15-33(16-4-1)37-19-7-10-25-43(37)49(45-27-14-24-42-40-21-9-12-28-46(40)51-48(42)45)36-31-29-34(30-32-36)38-22-13-23-41-39-20-8-11-26-44(39)50(47(38)41)35-17-5-2-6-18-35/h1-32H. The molecule has 0 spiro atoms. The Bertz CT molecular complexity index is 2850. The molecule has 8 aromatic carbocycles. The lowest BCUT2D eigenvalue weighted by molar-refractivity contribution is 1.18. The first-order valence-electron chi connectivity index (χ1n) is 17.4. The van der Waals surface area contributed by atoms with Crippen molar-refractivity contribution >= 4 is 70.4 Å². The van der Waals surface area contributed by atoms with Gasteiger partial charge in [0.15, 0.2) is 0 Å². The largest absolute Gasteiger partial charge is 0.309 e. The summed E-state index contributed by atoms with van der Waals surface area (Å²) in [5.74, 6) is 0. The highest BCUT2D eigenvalue weighted by molar-refractivity contribution is 7.26. The van der Waals surface area contributed by atoms with Gasteiger partial charge in [0.25, 0.3) is 0 Å². The van der Waals surface area contributed by atoms with E-state index in [0.29, 0.717) is 0 Å². The van der Waals surface area contributed by atoms with Gasteiger partial charge in [0.05, 0.1) is 27.1 Å². The molecule has 0 amide bonds. The maximum Gasteiger partial charge on any atom is 0.0640 e. The molecule has 0 saturated carbocycles. The van der Waals surface area contributed by atoms with Crippen LogP contribution in [-0.4, -0.2) is 4.57 Å². The molecular formula is C48H32N2S. The molecule has 0 fully saturated rings. The minimum Gasteiger partial charge on any atom is -0.309 e. The number of thiophene rings is 1. The fraction of sp³-hybridized carbons (Fsp3) is 0. The highest BCUT2D eigenvalue weighted by Gasteiger charge is 2.22. The van der Waals surface area contributed by atoms with Gasteiger partial charge in [-0.3, -0.25) is 0 Å². The summed E-state index contributed by atoms with van der Waals surface area (Å²) in [6.07, 6.45) is 0. The molecule has 51 heavy (non-hydrogen) atoms. The maximum atomic E-state index is 2.45. The van der Waals surface area contributed by atoms with E-state index < -0.39 is 0 Å². The molecule has 3 heteroatoms. The highest BCUT2D eigenvalue weighted by Crippen LogP contribution is 2.47. The molecule has 0 saturated heterocycles. The number of benzene rings is 8. The predicted molar refractivity (Wildman–Crippen MR) is 219 cm³/mol. The smallest absolute Gasteiger partial charge is 0.0640 e. The second-order valence-corrected chi connectivity index (χ2v) is 14.0. The molecule has 2 heterocycles. The molecule has 0 radical (unpaired) electrons. The van der Waals surface area contributed by atoms with Crippen molar-refractivity contribution < 1.29 is 0 Å². The second-order valence-electron chi connectivity index (χ2n) is 12.9. The van der Waals surface area contributed by atoms with Crippen molar-refractivity contribution in [2.75, 3.05) is 4.90 Å². The van der Waals surface area contributed by atoms with Gasteiger partial charge in [-0.15, -0.1) is 11.3 Å². The Labute approximate surface area is 300 Å². The number of hydrogen-bond donors (Lipinski definition) is 0. The van der Waals surface area contributed by atoms with Crippen molar-refractivity contribution in [3.05, 3.63) is 194 Å². The third-order valence-electron chi connectivity index (χ3n) is 10.00. The molecule has 240 valence electrons. The Kier molecular flexibility index (Phi) is 7.04. The normalized spacial score (nSPS) is 11.5. The summed E-state index contributed by atoms with van der Waals surface area (Å²) in [4.78, 5) is 2.45. The van der Waals surface area contributed by atoms with Crippen molar-refractivity contribution in [1.29, 1.82) is 0 Å². The van der Waals surface area contributed by atoms with E-state index >= 15 is 0 Å². The number of anilines is 3. The van der Waals surface area contributed by atoms with Crippen LogP contribution in [0.25, 0.3) is 69.9 Å². The number of fused-ring (bicyclic) bond motifs is 6. The van der Waals surface area contributed by atoms with Crippen LogP contribution >= 0.6 is 11.3 Å². The van der Waals surface area contributed by atoms with Gasteiger partial charge in [0.1, 0.15) is 0 Å². The molecule has 2 nitrogen and oxygen atoms in total. The lowest BCUT2D eigenvalue weighted by Gasteiger charge is -2.28. The van der Waals surface area contributed by atoms with Crippen molar-refractivity contribution in [2.24, 2.45) is 0 Å². The number of rotatable bonds is 6. The molecule has 0 aliphatic carbocycles. The fourth-order valence-corrected chi connectivity index (χ4v) is 8.94. The molecule has 0 aliphatic rings. The van der Waals surface area contributed by atoms with E-state index in [2.05, 4.69) is 204 Å². The van der Waals surface area contributed by atoms with Crippen molar-refractivity contribution in [1.82, 2.24) is 4.57 Å². The monoisotopic (exact) mass is 668 g/mol. The Morgan fingerprint density at radius 3 is 1.82 bits per heavy atom. The molecule has 0 N–H and O–H groups in total. The van der Waals surface area contributed by atoms with Crippen LogP contribution in [0, 0.1) is 0 Å². The van der Waals surface area contributed by atoms with Gasteiger partial charge in [-0.2, -0.15) is 0 Å². The molecule has 0 bridgehead atoms. The number of hydrogen-bond acceptors (Lipinski definition) is 2. The van der Waals surface area contributed by atoms with E-state index in [9.17, 15) is 0 Å². The third kappa shape index (κ3) is 4.85. The lowest BCUT2D eigenvalue weighted by Crippen LogP contribution is -2.11. The first-order valence-corrected chi connectivity index (χ1v) is 18.2. The van der Waals surface area contributed by atoms with Gasteiger partial charge < -0.3 is 9.47 Å². The van der Waals surface area contributed by atoms with Crippen LogP contribution in [-0.2, 0) is 0 Å². The number of nitrogens with zero attached hydrogens (tertiary/aromatic N) is 2. The van der Waals surface area contributed by atoms with E-state index in [1.54, 1.807) is 0 Å². The molecule has 10 rings (SSSR count). The third-order valence-corrected chi connectivity index (χ3v) is 11.2. The first kappa shape index (κ1) is 29.5. The van der Waals surface area contributed by atoms with Crippen LogP contribution < -0.4 is 4.90 Å². The molecule has 0 aliphatic heterocycles. The van der Waals surface area contributed by atoms with Crippen LogP contribution in [0.2, 0.25) is 0 Å². The van der Waals surface area contributed by atoms with Crippen molar-refractivity contribution in [3.8, 4) is 27.9 Å². The first-order chi connectivity index (χ1) is 25.3. The Hall–Kier alpha value is -6.42. The number of para-hydroxylation sites is 4. The van der Waals surface area contributed by atoms with Crippen LogP contribution in [0.3, 0.4) is 0 Å². The summed E-state index contributed by atoms with van der Waals surface area (Å²) >= 11 is 1.87. The molecular weight excluding hydrogens is 637 g/mol. The Morgan fingerprint density at radius 1 is 0.392 bits per heavy atom. The van der Waals surface area contributed by atoms with E-state index in [1.807, 2.05) is 11.3 Å². The van der Waals surface area contributed by atoms with Crippen molar-refractivity contribution in [3.63, 3.8) is 0 Å². The van der Waals surface area contributed by atoms with Gasteiger partial charge in [-0.1, -0.05) is 146 Å². The quantitative estimate of drug-likeness (QED) is 0.171. The van der Waals surface area contributed by atoms with Crippen LogP contribution in [0.5, 0.6) is 0 Å². The van der Waals surface area contributed by atoms with E-state index in [0.717, 1.165) is 17.1 Å².